The first-order valence-corrected chi connectivity index (χ1v) is 13.5. The number of benzene rings is 2. The average molecular weight is 641 g/mol. The van der Waals surface area contributed by atoms with Crippen LogP contribution in [0.5, 0.6) is 34.5 Å². The summed E-state index contributed by atoms with van der Waals surface area (Å²) in [6.07, 6.45) is -16.9. The van der Waals surface area contributed by atoms with Crippen molar-refractivity contribution in [2.75, 3.05) is 13.7 Å². The molecule has 0 spiro atoms. The number of phenols is 4. The third kappa shape index (κ3) is 5.69. The number of hydrogen-bond donors (Lipinski definition) is 10. The van der Waals surface area contributed by atoms with Gasteiger partial charge >= 0.3 is 0 Å². The van der Waals surface area contributed by atoms with Crippen LogP contribution in [0, 0.1) is 0 Å². The van der Waals surface area contributed by atoms with E-state index in [9.17, 15) is 55.9 Å². The minimum absolute atomic E-state index is 0.0598. The molecule has 2 aliphatic heterocycles. The van der Waals surface area contributed by atoms with Gasteiger partial charge in [0.1, 0.15) is 47.6 Å². The Bertz CT molecular complexity index is 1610. The summed E-state index contributed by atoms with van der Waals surface area (Å²) in [5.74, 6) is -4.38. The lowest BCUT2D eigenvalue weighted by molar-refractivity contribution is -0.354. The van der Waals surface area contributed by atoms with Gasteiger partial charge in [0, 0.05) is 11.6 Å². The summed E-state index contributed by atoms with van der Waals surface area (Å²) < 4.78 is 33.5. The smallest absolute Gasteiger partial charge is 0.239 e. The van der Waals surface area contributed by atoms with Crippen molar-refractivity contribution in [3.63, 3.8) is 0 Å². The second-order valence-corrected chi connectivity index (χ2v) is 10.5. The van der Waals surface area contributed by atoms with Crippen LogP contribution in [0.2, 0.25) is 0 Å². The fraction of sp³-hybridized carbons (Fsp3) is 0.464. The molecule has 3 aromatic rings. The van der Waals surface area contributed by atoms with Crippen molar-refractivity contribution in [2.45, 2.75) is 68.3 Å². The zero-order valence-corrected chi connectivity index (χ0v) is 23.6. The lowest BCUT2D eigenvalue weighted by Crippen LogP contribution is -2.64. The molecule has 0 bridgehead atoms. The molecule has 2 aliphatic rings. The summed E-state index contributed by atoms with van der Waals surface area (Å²) in [4.78, 5) is 13.9. The monoisotopic (exact) mass is 640 g/mol. The molecule has 3 heterocycles. The highest BCUT2D eigenvalue weighted by Crippen LogP contribution is 2.44. The molecule has 45 heavy (non-hydrogen) atoms. The summed E-state index contributed by atoms with van der Waals surface area (Å²) in [5, 5.41) is 103. The zero-order valence-electron chi connectivity index (χ0n) is 23.6. The zero-order chi connectivity index (χ0) is 32.9. The van der Waals surface area contributed by atoms with Crippen molar-refractivity contribution in [3.8, 4) is 45.8 Å². The standard InChI is InChI=1S/C28H32O17/c1-8-16(32)21(37)23(39)27(41-8)45-26-22(38)18(34)14(7-29)43-28(26)44-25-20(36)15-12(6-13(40-2)17(33)19(15)35)42-24(25)9-3-4-10(30)11(31)5-9/h3-6,8,14,16,18,21-23,26-35,37-39H,7H2,1-2H3/t8-,14-,16-,18-,21-,22-,23-,26+,27-,28-/m0/s1. The number of aromatic hydroxyl groups is 4. The third-order valence-electron chi connectivity index (χ3n) is 7.67. The number of rotatable bonds is 7. The minimum Gasteiger partial charge on any atom is -0.504 e. The van der Waals surface area contributed by atoms with Gasteiger partial charge in [-0.3, -0.25) is 4.79 Å². The van der Waals surface area contributed by atoms with E-state index in [1.807, 2.05) is 0 Å². The van der Waals surface area contributed by atoms with Crippen molar-refractivity contribution in [1.82, 2.24) is 0 Å². The van der Waals surface area contributed by atoms with Crippen LogP contribution in [0.3, 0.4) is 0 Å². The van der Waals surface area contributed by atoms with Crippen molar-refractivity contribution >= 4 is 11.0 Å². The van der Waals surface area contributed by atoms with Crippen LogP contribution >= 0.6 is 0 Å². The third-order valence-corrected chi connectivity index (χ3v) is 7.67. The first-order valence-electron chi connectivity index (χ1n) is 13.5. The van der Waals surface area contributed by atoms with E-state index in [1.165, 1.54) is 20.1 Å². The van der Waals surface area contributed by atoms with E-state index >= 15 is 0 Å². The summed E-state index contributed by atoms with van der Waals surface area (Å²) in [7, 11) is 1.18. The molecule has 0 amide bonds. The molecule has 246 valence electrons. The highest BCUT2D eigenvalue weighted by atomic mass is 16.8. The Hall–Kier alpha value is -3.91. The molecule has 2 aromatic carbocycles. The quantitative estimate of drug-likeness (QED) is 0.129. The highest BCUT2D eigenvalue weighted by Gasteiger charge is 2.51. The minimum atomic E-state index is -1.94. The van der Waals surface area contributed by atoms with E-state index in [4.69, 9.17) is 28.1 Å². The lowest BCUT2D eigenvalue weighted by atomic mass is 9.97. The predicted octanol–water partition coefficient (Wildman–Crippen LogP) is -1.68. The Kier molecular flexibility index (Phi) is 9.00. The molecular weight excluding hydrogens is 608 g/mol. The molecular formula is C28H32O17. The second kappa shape index (κ2) is 12.5. The van der Waals surface area contributed by atoms with Gasteiger partial charge in [0.15, 0.2) is 41.2 Å². The van der Waals surface area contributed by atoms with Crippen LogP contribution < -0.4 is 14.9 Å². The molecule has 0 saturated carbocycles. The molecule has 0 unspecified atom stereocenters. The lowest BCUT2D eigenvalue weighted by Gasteiger charge is -2.45. The Morgan fingerprint density at radius 2 is 1.53 bits per heavy atom. The van der Waals surface area contributed by atoms with Crippen LogP contribution in [0.25, 0.3) is 22.3 Å². The average Bonchev–Trinajstić information content (AvgIpc) is 3.02. The van der Waals surface area contributed by atoms with E-state index < -0.39 is 113 Å². The molecule has 0 aliphatic carbocycles. The molecule has 0 radical (unpaired) electrons. The summed E-state index contributed by atoms with van der Waals surface area (Å²) in [6.45, 7) is 0.514. The number of methoxy groups -OCH3 is 1. The van der Waals surface area contributed by atoms with Crippen LogP contribution in [0.1, 0.15) is 6.92 Å². The maximum absolute atomic E-state index is 13.9. The first kappa shape index (κ1) is 32.5. The maximum Gasteiger partial charge on any atom is 0.239 e. The maximum atomic E-state index is 13.9. The molecule has 5 rings (SSSR count). The molecule has 2 fully saturated rings. The van der Waals surface area contributed by atoms with Gasteiger partial charge < -0.3 is 79.2 Å². The van der Waals surface area contributed by atoms with Gasteiger partial charge in [-0.25, -0.2) is 0 Å². The second-order valence-electron chi connectivity index (χ2n) is 10.5. The van der Waals surface area contributed by atoms with Gasteiger partial charge in [0.2, 0.25) is 23.2 Å². The number of hydrogen-bond acceptors (Lipinski definition) is 17. The van der Waals surface area contributed by atoms with Crippen LogP contribution in [0.15, 0.2) is 33.5 Å². The van der Waals surface area contributed by atoms with Crippen molar-refractivity contribution in [2.24, 2.45) is 0 Å². The Morgan fingerprint density at radius 1 is 0.822 bits per heavy atom. The van der Waals surface area contributed by atoms with Crippen LogP contribution in [-0.2, 0) is 14.2 Å². The van der Waals surface area contributed by atoms with Gasteiger partial charge in [-0.2, -0.15) is 0 Å². The Labute approximate surface area is 252 Å². The van der Waals surface area contributed by atoms with Crippen molar-refractivity contribution in [3.05, 3.63) is 34.5 Å². The Morgan fingerprint density at radius 3 is 2.18 bits per heavy atom. The van der Waals surface area contributed by atoms with Gasteiger partial charge in [0.25, 0.3) is 0 Å². The van der Waals surface area contributed by atoms with Crippen molar-refractivity contribution < 1.29 is 79.2 Å². The number of phenolic OH excluding ortho intramolecular Hbond substituents is 4. The normalized spacial score (nSPS) is 32.0. The molecule has 17 heteroatoms. The van der Waals surface area contributed by atoms with E-state index in [0.29, 0.717) is 0 Å². The number of fused-ring (bicyclic) bond motifs is 1. The van der Waals surface area contributed by atoms with Gasteiger partial charge in [-0.1, -0.05) is 0 Å². The number of ether oxygens (including phenoxy) is 5. The first-order chi connectivity index (χ1) is 21.3. The van der Waals surface area contributed by atoms with Crippen LogP contribution in [0.4, 0.5) is 0 Å². The largest absolute Gasteiger partial charge is 0.504 e. The van der Waals surface area contributed by atoms with Crippen molar-refractivity contribution in [1.29, 1.82) is 0 Å². The molecule has 1 aromatic heterocycles. The van der Waals surface area contributed by atoms with E-state index in [2.05, 4.69) is 0 Å². The highest BCUT2D eigenvalue weighted by molar-refractivity contribution is 5.91. The van der Waals surface area contributed by atoms with Gasteiger partial charge in [-0.05, 0) is 25.1 Å². The molecule has 10 atom stereocenters. The molecule has 17 nitrogen and oxygen atoms in total. The van der Waals surface area contributed by atoms with E-state index in [1.54, 1.807) is 0 Å². The SMILES string of the molecule is COc1cc2oc(-c3ccc(O)c(O)c3)c(O[C@@H]3O[C@@H](CO)[C@H](O)[C@H](O)[C@H]3O[C@@H]3O[C@@H](C)[C@H](O)[C@H](O)[C@@H]3O)c(=O)c2c(O)c1O. The van der Waals surface area contributed by atoms with Gasteiger partial charge in [-0.15, -0.1) is 0 Å². The number of aliphatic hydroxyl groups is 6. The predicted molar refractivity (Wildman–Crippen MR) is 147 cm³/mol. The van der Waals surface area contributed by atoms with E-state index in [-0.39, 0.29) is 16.9 Å². The topological polar surface area (TPSA) is 279 Å². The fourth-order valence-corrected chi connectivity index (χ4v) is 5.09. The summed E-state index contributed by atoms with van der Waals surface area (Å²) in [5.41, 5.74) is -1.50. The van der Waals surface area contributed by atoms with Crippen LogP contribution in [-0.4, -0.2) is 126 Å². The Balaban J connectivity index is 1.65. The van der Waals surface area contributed by atoms with Gasteiger partial charge in [0.05, 0.1) is 19.8 Å². The molecule has 2 saturated heterocycles. The summed E-state index contributed by atoms with van der Waals surface area (Å²) in [6, 6.07) is 4.40. The summed E-state index contributed by atoms with van der Waals surface area (Å²) >= 11 is 0. The number of aliphatic hydroxyl groups excluding tert-OH is 6. The molecule has 10 N–H and O–H groups in total. The van der Waals surface area contributed by atoms with E-state index in [0.717, 1.165) is 18.2 Å². The fourth-order valence-electron chi connectivity index (χ4n) is 5.09.